The van der Waals surface area contributed by atoms with Gasteiger partial charge in [0.1, 0.15) is 5.82 Å². The Morgan fingerprint density at radius 3 is 2.95 bits per heavy atom. The highest BCUT2D eigenvalue weighted by Gasteiger charge is 2.29. The van der Waals surface area contributed by atoms with Gasteiger partial charge in [-0.3, -0.25) is 0 Å². The molecule has 0 amide bonds. The number of hydrogen-bond acceptors (Lipinski definition) is 2. The SMILES string of the molecule is CCCn1c(C2CCCC2N)nc2cc(Cl)ccc21. The minimum atomic E-state index is 0.253. The normalized spacial score (nSPS) is 23.3. The Hall–Kier alpha value is -1.06. The molecule has 0 spiro atoms. The Balaban J connectivity index is 2.13. The molecule has 1 fully saturated rings. The number of rotatable bonds is 3. The molecule has 0 aliphatic heterocycles. The minimum Gasteiger partial charge on any atom is -0.328 e. The van der Waals surface area contributed by atoms with E-state index in [2.05, 4.69) is 17.6 Å². The molecule has 1 aromatic heterocycles. The molecule has 0 bridgehead atoms. The van der Waals surface area contributed by atoms with Crippen LogP contribution < -0.4 is 5.73 Å². The lowest BCUT2D eigenvalue weighted by Gasteiger charge is -2.17. The van der Waals surface area contributed by atoms with Crippen LogP contribution in [0.15, 0.2) is 18.2 Å². The molecule has 0 radical (unpaired) electrons. The third-order valence-corrected chi connectivity index (χ3v) is 4.32. The van der Waals surface area contributed by atoms with E-state index in [4.69, 9.17) is 22.3 Å². The van der Waals surface area contributed by atoms with Crippen molar-refractivity contribution >= 4 is 22.6 Å². The van der Waals surface area contributed by atoms with Gasteiger partial charge in [0.05, 0.1) is 11.0 Å². The van der Waals surface area contributed by atoms with Crippen LogP contribution in [0.1, 0.15) is 44.3 Å². The monoisotopic (exact) mass is 277 g/mol. The van der Waals surface area contributed by atoms with E-state index >= 15 is 0 Å². The van der Waals surface area contributed by atoms with Crippen molar-refractivity contribution in [2.24, 2.45) is 5.73 Å². The average molecular weight is 278 g/mol. The molecular formula is C15H20ClN3. The smallest absolute Gasteiger partial charge is 0.114 e. The lowest BCUT2D eigenvalue weighted by molar-refractivity contribution is 0.538. The number of nitrogens with zero attached hydrogens (tertiary/aromatic N) is 2. The molecule has 2 atom stereocenters. The highest BCUT2D eigenvalue weighted by molar-refractivity contribution is 6.31. The van der Waals surface area contributed by atoms with Crippen molar-refractivity contribution in [1.29, 1.82) is 0 Å². The molecular weight excluding hydrogens is 258 g/mol. The number of benzene rings is 1. The molecule has 0 saturated heterocycles. The predicted octanol–water partition coefficient (Wildman–Crippen LogP) is 3.69. The topological polar surface area (TPSA) is 43.8 Å². The minimum absolute atomic E-state index is 0.253. The highest BCUT2D eigenvalue weighted by atomic mass is 35.5. The highest BCUT2D eigenvalue weighted by Crippen LogP contribution is 2.35. The molecule has 3 nitrogen and oxygen atoms in total. The van der Waals surface area contributed by atoms with Gasteiger partial charge in [-0.05, 0) is 37.5 Å². The van der Waals surface area contributed by atoms with E-state index in [1.54, 1.807) is 0 Å². The third kappa shape index (κ3) is 2.26. The van der Waals surface area contributed by atoms with Gasteiger partial charge in [-0.15, -0.1) is 0 Å². The first-order valence-corrected chi connectivity index (χ1v) is 7.49. The summed E-state index contributed by atoms with van der Waals surface area (Å²) < 4.78 is 2.33. The van der Waals surface area contributed by atoms with E-state index in [0.717, 1.165) is 42.2 Å². The number of halogens is 1. The van der Waals surface area contributed by atoms with Gasteiger partial charge in [-0.2, -0.15) is 0 Å². The van der Waals surface area contributed by atoms with Crippen molar-refractivity contribution in [3.63, 3.8) is 0 Å². The first kappa shape index (κ1) is 12.9. The molecule has 1 saturated carbocycles. The maximum atomic E-state index is 6.25. The second-order valence-corrected chi connectivity index (χ2v) is 5.89. The second-order valence-electron chi connectivity index (χ2n) is 5.46. The lowest BCUT2D eigenvalue weighted by Crippen LogP contribution is -2.25. The summed E-state index contributed by atoms with van der Waals surface area (Å²) in [6, 6.07) is 6.22. The van der Waals surface area contributed by atoms with Crippen molar-refractivity contribution in [3.8, 4) is 0 Å². The van der Waals surface area contributed by atoms with Crippen LogP contribution in [0.25, 0.3) is 11.0 Å². The average Bonchev–Trinajstić information content (AvgIpc) is 2.94. The molecule has 2 unspecified atom stereocenters. The van der Waals surface area contributed by atoms with Gasteiger partial charge in [0.15, 0.2) is 0 Å². The predicted molar refractivity (Wildman–Crippen MR) is 79.6 cm³/mol. The number of aromatic nitrogens is 2. The summed E-state index contributed by atoms with van der Waals surface area (Å²) in [5.74, 6) is 1.56. The number of fused-ring (bicyclic) bond motifs is 1. The molecule has 1 aliphatic rings. The molecule has 19 heavy (non-hydrogen) atoms. The van der Waals surface area contributed by atoms with E-state index < -0.39 is 0 Å². The van der Waals surface area contributed by atoms with Crippen LogP contribution in [0.4, 0.5) is 0 Å². The molecule has 2 N–H and O–H groups in total. The first-order chi connectivity index (χ1) is 9.20. The first-order valence-electron chi connectivity index (χ1n) is 7.12. The van der Waals surface area contributed by atoms with Gasteiger partial charge in [0, 0.05) is 23.5 Å². The van der Waals surface area contributed by atoms with Gasteiger partial charge in [0.25, 0.3) is 0 Å². The summed E-state index contributed by atoms with van der Waals surface area (Å²) in [6.45, 7) is 3.19. The quantitative estimate of drug-likeness (QED) is 0.930. The van der Waals surface area contributed by atoms with E-state index in [-0.39, 0.29) is 6.04 Å². The number of imidazole rings is 1. The fourth-order valence-corrected chi connectivity index (χ4v) is 3.34. The molecule has 102 valence electrons. The lowest BCUT2D eigenvalue weighted by atomic mass is 10.0. The molecule has 4 heteroatoms. The zero-order chi connectivity index (χ0) is 13.4. The summed E-state index contributed by atoms with van der Waals surface area (Å²) in [4.78, 5) is 4.82. The fourth-order valence-electron chi connectivity index (χ4n) is 3.17. The van der Waals surface area contributed by atoms with Gasteiger partial charge in [-0.25, -0.2) is 4.98 Å². The number of aryl methyl sites for hydroxylation is 1. The summed E-state index contributed by atoms with van der Waals surface area (Å²) in [6.07, 6.45) is 4.58. The van der Waals surface area contributed by atoms with Crippen LogP contribution in [-0.2, 0) is 6.54 Å². The third-order valence-electron chi connectivity index (χ3n) is 4.09. The molecule has 1 aliphatic carbocycles. The zero-order valence-electron chi connectivity index (χ0n) is 11.3. The van der Waals surface area contributed by atoms with Gasteiger partial charge >= 0.3 is 0 Å². The van der Waals surface area contributed by atoms with E-state index in [0.29, 0.717) is 5.92 Å². The largest absolute Gasteiger partial charge is 0.328 e. The van der Waals surface area contributed by atoms with Crippen LogP contribution >= 0.6 is 11.6 Å². The molecule has 1 aromatic carbocycles. The van der Waals surface area contributed by atoms with Crippen molar-refractivity contribution < 1.29 is 0 Å². The van der Waals surface area contributed by atoms with Gasteiger partial charge in [0.2, 0.25) is 0 Å². The maximum Gasteiger partial charge on any atom is 0.114 e. The van der Waals surface area contributed by atoms with E-state index in [1.807, 2.05) is 12.1 Å². The van der Waals surface area contributed by atoms with Crippen LogP contribution in [0.3, 0.4) is 0 Å². The number of hydrogen-bond donors (Lipinski definition) is 1. The van der Waals surface area contributed by atoms with Crippen molar-refractivity contribution in [1.82, 2.24) is 9.55 Å². The molecule has 1 heterocycles. The number of nitrogens with two attached hydrogens (primary N) is 1. The van der Waals surface area contributed by atoms with E-state index in [9.17, 15) is 0 Å². The summed E-state index contributed by atoms with van der Waals surface area (Å²) >= 11 is 6.07. The van der Waals surface area contributed by atoms with Crippen molar-refractivity contribution in [3.05, 3.63) is 29.0 Å². The van der Waals surface area contributed by atoms with Crippen LogP contribution in [0, 0.1) is 0 Å². The molecule has 3 rings (SSSR count). The maximum absolute atomic E-state index is 6.25. The Morgan fingerprint density at radius 1 is 1.42 bits per heavy atom. The summed E-state index contributed by atoms with van der Waals surface area (Å²) in [5, 5.41) is 0.746. The van der Waals surface area contributed by atoms with Gasteiger partial charge < -0.3 is 10.3 Å². The fraction of sp³-hybridized carbons (Fsp3) is 0.533. The van der Waals surface area contributed by atoms with Crippen LogP contribution in [0.5, 0.6) is 0 Å². The zero-order valence-corrected chi connectivity index (χ0v) is 12.0. The van der Waals surface area contributed by atoms with Crippen molar-refractivity contribution in [2.75, 3.05) is 0 Å². The standard InChI is InChI=1S/C15H20ClN3/c1-2-8-19-14-7-6-10(16)9-13(14)18-15(19)11-4-3-5-12(11)17/h6-7,9,11-12H,2-5,8,17H2,1H3. The Morgan fingerprint density at radius 2 is 2.26 bits per heavy atom. The second kappa shape index (κ2) is 5.14. The van der Waals surface area contributed by atoms with Crippen LogP contribution in [-0.4, -0.2) is 15.6 Å². The van der Waals surface area contributed by atoms with Crippen LogP contribution in [0.2, 0.25) is 5.02 Å². The summed E-state index contributed by atoms with van der Waals surface area (Å²) in [7, 11) is 0. The Bertz CT molecular complexity index is 590. The van der Waals surface area contributed by atoms with Crippen molar-refractivity contribution in [2.45, 2.75) is 51.1 Å². The summed E-state index contributed by atoms with van der Waals surface area (Å²) in [5.41, 5.74) is 8.42. The van der Waals surface area contributed by atoms with E-state index in [1.165, 1.54) is 11.9 Å². The Kier molecular flexibility index (Phi) is 3.50. The molecule has 2 aromatic rings. The Labute approximate surface area is 118 Å². The van der Waals surface area contributed by atoms with Gasteiger partial charge in [-0.1, -0.05) is 24.9 Å².